The van der Waals surface area contributed by atoms with Crippen LogP contribution in [0.2, 0.25) is 0 Å². The summed E-state index contributed by atoms with van der Waals surface area (Å²) >= 11 is 1.48. The Morgan fingerprint density at radius 3 is 2.44 bits per heavy atom. The number of amides is 1. The maximum atomic E-state index is 13.6. The topological polar surface area (TPSA) is 23.6 Å². The summed E-state index contributed by atoms with van der Waals surface area (Å²) in [6.07, 6.45) is 2.74. The molecule has 1 saturated heterocycles. The molecule has 1 atom stereocenters. The first-order valence-electron chi connectivity index (χ1n) is 11.0. The van der Waals surface area contributed by atoms with Crippen LogP contribution in [-0.4, -0.2) is 41.9 Å². The van der Waals surface area contributed by atoms with E-state index in [0.29, 0.717) is 12.5 Å². The minimum absolute atomic E-state index is 0.0742. The fourth-order valence-electron chi connectivity index (χ4n) is 4.59. The molecule has 1 fully saturated rings. The zero-order valence-electron chi connectivity index (χ0n) is 18.2. The highest BCUT2D eigenvalue weighted by Crippen LogP contribution is 2.28. The van der Waals surface area contributed by atoms with Gasteiger partial charge in [0.05, 0.1) is 4.88 Å². The van der Waals surface area contributed by atoms with Crippen LogP contribution in [0.1, 0.15) is 33.6 Å². The number of carbonyl (C=O) groups is 1. The highest BCUT2D eigenvalue weighted by Gasteiger charge is 2.32. The molecule has 0 radical (unpaired) electrons. The maximum Gasteiger partial charge on any atom is 0.263 e. The minimum Gasteiger partial charge on any atom is -0.337 e. The van der Waals surface area contributed by atoms with E-state index in [4.69, 9.17) is 0 Å². The molecule has 1 amide bonds. The molecule has 1 aromatic heterocycles. The second kappa shape index (κ2) is 10.4. The largest absolute Gasteiger partial charge is 0.337 e. The second-order valence-corrected chi connectivity index (χ2v) is 9.46. The maximum absolute atomic E-state index is 13.6. The van der Waals surface area contributed by atoms with Gasteiger partial charge in [0.2, 0.25) is 0 Å². The number of halogens is 2. The lowest BCUT2D eigenvalue weighted by atomic mass is 9.84. The van der Waals surface area contributed by atoms with Crippen LogP contribution in [-0.2, 0) is 13.0 Å². The van der Waals surface area contributed by atoms with Crippen molar-refractivity contribution in [3.63, 3.8) is 0 Å². The Balaban J connectivity index is 1.44. The molecule has 6 heteroatoms. The predicted molar refractivity (Wildman–Crippen MR) is 125 cm³/mol. The van der Waals surface area contributed by atoms with Crippen molar-refractivity contribution >= 4 is 17.2 Å². The Bertz CT molecular complexity index is 1020. The molecule has 2 heterocycles. The highest BCUT2D eigenvalue weighted by molar-refractivity contribution is 7.12. The summed E-state index contributed by atoms with van der Waals surface area (Å²) < 4.78 is 26.8. The van der Waals surface area contributed by atoms with Crippen molar-refractivity contribution in [3.05, 3.63) is 93.7 Å². The summed E-state index contributed by atoms with van der Waals surface area (Å²) in [5.41, 5.74) is 2.01. The Labute approximate surface area is 192 Å². The van der Waals surface area contributed by atoms with Gasteiger partial charge in [0, 0.05) is 19.6 Å². The van der Waals surface area contributed by atoms with Crippen LogP contribution < -0.4 is 0 Å². The highest BCUT2D eigenvalue weighted by atomic mass is 32.1. The Hall–Kier alpha value is -2.57. The molecule has 0 spiro atoms. The van der Waals surface area contributed by atoms with Crippen molar-refractivity contribution in [3.8, 4) is 0 Å². The lowest BCUT2D eigenvalue weighted by molar-refractivity contribution is 0.0589. The molecule has 32 heavy (non-hydrogen) atoms. The van der Waals surface area contributed by atoms with Crippen LogP contribution >= 0.6 is 11.3 Å². The number of likely N-dealkylation sites (N-methyl/N-ethyl adjacent to an activating group) is 1. The number of likely N-dealkylation sites (tertiary alicyclic amines) is 1. The van der Waals surface area contributed by atoms with Crippen molar-refractivity contribution < 1.29 is 13.6 Å². The van der Waals surface area contributed by atoms with E-state index >= 15 is 0 Å². The Morgan fingerprint density at radius 2 is 1.78 bits per heavy atom. The SMILES string of the molecule is CN(C(=O)c1cccs1)[C@H](Cc1ccccc1)C1CCN(Cc2ccc(F)c(F)c2)CC1. The number of hydrogen-bond donors (Lipinski definition) is 0. The third-order valence-corrected chi connectivity index (χ3v) is 7.26. The van der Waals surface area contributed by atoms with Gasteiger partial charge >= 0.3 is 0 Å². The Kier molecular flexibility index (Phi) is 7.33. The van der Waals surface area contributed by atoms with Crippen LogP contribution in [0, 0.1) is 17.6 Å². The molecule has 1 aliphatic rings. The lowest BCUT2D eigenvalue weighted by Gasteiger charge is -2.40. The molecule has 0 unspecified atom stereocenters. The van der Waals surface area contributed by atoms with E-state index < -0.39 is 11.6 Å². The average Bonchev–Trinajstić information content (AvgIpc) is 3.35. The summed E-state index contributed by atoms with van der Waals surface area (Å²) in [6, 6.07) is 18.4. The van der Waals surface area contributed by atoms with E-state index in [1.165, 1.54) is 29.0 Å². The molecule has 1 aliphatic heterocycles. The fraction of sp³-hybridized carbons (Fsp3) is 0.346. The van der Waals surface area contributed by atoms with Gasteiger partial charge in [-0.05, 0) is 73.0 Å². The minimum atomic E-state index is -0.811. The lowest BCUT2D eigenvalue weighted by Crippen LogP contribution is -2.47. The van der Waals surface area contributed by atoms with Crippen molar-refractivity contribution in [2.75, 3.05) is 20.1 Å². The van der Waals surface area contributed by atoms with Gasteiger partial charge in [0.1, 0.15) is 0 Å². The molecule has 3 nitrogen and oxygen atoms in total. The fourth-order valence-corrected chi connectivity index (χ4v) is 5.30. The van der Waals surface area contributed by atoms with Gasteiger partial charge in [-0.2, -0.15) is 0 Å². The number of benzene rings is 2. The van der Waals surface area contributed by atoms with Crippen LogP contribution in [0.3, 0.4) is 0 Å². The number of nitrogens with zero attached hydrogens (tertiary/aromatic N) is 2. The van der Waals surface area contributed by atoms with Gasteiger partial charge in [0.25, 0.3) is 5.91 Å². The van der Waals surface area contributed by atoms with Gasteiger partial charge in [-0.3, -0.25) is 9.69 Å². The third-order valence-electron chi connectivity index (χ3n) is 6.40. The first-order valence-corrected chi connectivity index (χ1v) is 11.9. The van der Waals surface area contributed by atoms with E-state index in [1.807, 2.05) is 47.7 Å². The van der Waals surface area contributed by atoms with Crippen LogP contribution in [0.5, 0.6) is 0 Å². The van der Waals surface area contributed by atoms with Crippen LogP contribution in [0.15, 0.2) is 66.0 Å². The van der Waals surface area contributed by atoms with Gasteiger partial charge < -0.3 is 4.90 Å². The number of rotatable bonds is 7. The van der Waals surface area contributed by atoms with Gasteiger partial charge in [-0.25, -0.2) is 8.78 Å². The first kappa shape index (κ1) is 22.6. The molecule has 0 N–H and O–H groups in total. The summed E-state index contributed by atoms with van der Waals surface area (Å²) in [5.74, 6) is -1.15. The standard InChI is InChI=1S/C26H28F2N2OS/c1-29(26(31)25-8-5-15-32-25)24(17-19-6-3-2-4-7-19)21-11-13-30(14-12-21)18-20-9-10-22(27)23(28)16-20/h2-10,15-16,21,24H,11-14,17-18H2,1H3/t24-/m1/s1. The molecular formula is C26H28F2N2OS. The summed E-state index contributed by atoms with van der Waals surface area (Å²) in [4.78, 5) is 18.1. The smallest absolute Gasteiger partial charge is 0.263 e. The van der Waals surface area contributed by atoms with Crippen LogP contribution in [0.25, 0.3) is 0 Å². The molecule has 3 aromatic rings. The summed E-state index contributed by atoms with van der Waals surface area (Å²) in [5, 5.41) is 1.93. The number of carbonyl (C=O) groups excluding carboxylic acids is 1. The van der Waals surface area contributed by atoms with Gasteiger partial charge in [-0.1, -0.05) is 42.5 Å². The summed E-state index contributed by atoms with van der Waals surface area (Å²) in [6.45, 7) is 2.35. The van der Waals surface area contributed by atoms with E-state index in [2.05, 4.69) is 17.0 Å². The molecule has 168 valence electrons. The number of thiophene rings is 1. The van der Waals surface area contributed by atoms with Crippen molar-refractivity contribution in [1.29, 1.82) is 0 Å². The summed E-state index contributed by atoms with van der Waals surface area (Å²) in [7, 11) is 1.92. The zero-order valence-corrected chi connectivity index (χ0v) is 19.0. The molecule has 4 rings (SSSR count). The molecule has 0 saturated carbocycles. The van der Waals surface area contributed by atoms with Crippen molar-refractivity contribution in [2.45, 2.75) is 31.8 Å². The van der Waals surface area contributed by atoms with E-state index in [-0.39, 0.29) is 11.9 Å². The predicted octanol–water partition coefficient (Wildman–Crippen LogP) is 5.62. The average molecular weight is 455 g/mol. The zero-order chi connectivity index (χ0) is 22.5. The van der Waals surface area contributed by atoms with E-state index in [0.717, 1.165) is 42.8 Å². The normalized spacial score (nSPS) is 16.1. The van der Waals surface area contributed by atoms with E-state index in [1.54, 1.807) is 6.07 Å². The molecular weight excluding hydrogens is 426 g/mol. The first-order chi connectivity index (χ1) is 15.5. The monoisotopic (exact) mass is 454 g/mol. The molecule has 0 bridgehead atoms. The molecule has 0 aliphatic carbocycles. The van der Waals surface area contributed by atoms with Gasteiger partial charge in [0.15, 0.2) is 11.6 Å². The van der Waals surface area contributed by atoms with Crippen LogP contribution in [0.4, 0.5) is 8.78 Å². The van der Waals surface area contributed by atoms with Crippen molar-refractivity contribution in [2.24, 2.45) is 5.92 Å². The van der Waals surface area contributed by atoms with Crippen molar-refractivity contribution in [1.82, 2.24) is 9.80 Å². The number of piperidine rings is 1. The second-order valence-electron chi connectivity index (χ2n) is 8.51. The van der Waals surface area contributed by atoms with Gasteiger partial charge in [-0.15, -0.1) is 11.3 Å². The number of hydrogen-bond acceptors (Lipinski definition) is 3. The van der Waals surface area contributed by atoms with E-state index in [9.17, 15) is 13.6 Å². The Morgan fingerprint density at radius 1 is 1.03 bits per heavy atom. The third kappa shape index (κ3) is 5.43. The quantitative estimate of drug-likeness (QED) is 0.463. The molecule has 2 aromatic carbocycles.